The van der Waals surface area contributed by atoms with Gasteiger partial charge in [0, 0.05) is 23.7 Å². The van der Waals surface area contributed by atoms with Gasteiger partial charge in [-0.2, -0.15) is 0 Å². The van der Waals surface area contributed by atoms with Crippen molar-refractivity contribution in [3.63, 3.8) is 0 Å². The van der Waals surface area contributed by atoms with E-state index in [-0.39, 0.29) is 17.9 Å². The van der Waals surface area contributed by atoms with Gasteiger partial charge in [0.1, 0.15) is 5.76 Å². The first-order valence-electron chi connectivity index (χ1n) is 8.95. The lowest BCUT2D eigenvalue weighted by atomic mass is 9.94. The first-order valence-corrected chi connectivity index (χ1v) is 9.75. The fourth-order valence-electron chi connectivity index (χ4n) is 3.43. The fourth-order valence-corrected chi connectivity index (χ4v) is 3.68. The summed E-state index contributed by atoms with van der Waals surface area (Å²) >= 11 is 3.44. The van der Waals surface area contributed by atoms with Crippen LogP contribution >= 0.6 is 15.9 Å². The van der Waals surface area contributed by atoms with Gasteiger partial charge >= 0.3 is 0 Å². The average Bonchev–Trinajstić information content (AvgIpc) is 2.92. The molecule has 1 atom stereocenters. The molecule has 5 nitrogen and oxygen atoms in total. The van der Waals surface area contributed by atoms with Crippen molar-refractivity contribution in [1.82, 2.24) is 4.90 Å². The van der Waals surface area contributed by atoms with Crippen LogP contribution in [0.4, 0.5) is 0 Å². The molecule has 0 aromatic heterocycles. The van der Waals surface area contributed by atoms with E-state index in [9.17, 15) is 14.7 Å². The normalized spacial score (nSPS) is 18.7. The summed E-state index contributed by atoms with van der Waals surface area (Å²) in [5.74, 6) is -1.47. The zero-order valence-electron chi connectivity index (χ0n) is 16.0. The van der Waals surface area contributed by atoms with Crippen molar-refractivity contribution in [3.05, 3.63) is 74.8 Å². The quantitative estimate of drug-likeness (QED) is 0.428. The Morgan fingerprint density at radius 1 is 1.18 bits per heavy atom. The predicted octanol–water partition coefficient (Wildman–Crippen LogP) is 4.13. The summed E-state index contributed by atoms with van der Waals surface area (Å²) in [6.07, 6.45) is 0. The summed E-state index contributed by atoms with van der Waals surface area (Å²) in [4.78, 5) is 27.0. The highest BCUT2D eigenvalue weighted by Gasteiger charge is 2.45. The number of hydrogen-bond acceptors (Lipinski definition) is 4. The molecular formula is C22H22BrNO4. The van der Waals surface area contributed by atoms with Crippen LogP contribution in [0.5, 0.6) is 0 Å². The Morgan fingerprint density at radius 2 is 1.93 bits per heavy atom. The highest BCUT2D eigenvalue weighted by atomic mass is 79.9. The summed E-state index contributed by atoms with van der Waals surface area (Å²) < 4.78 is 6.02. The molecule has 2 aromatic rings. The molecule has 1 fully saturated rings. The molecule has 0 aliphatic carbocycles. The van der Waals surface area contributed by atoms with Gasteiger partial charge in [0.2, 0.25) is 0 Å². The molecular weight excluding hydrogens is 422 g/mol. The molecule has 1 N–H and O–H groups in total. The maximum absolute atomic E-state index is 12.9. The van der Waals surface area contributed by atoms with E-state index in [4.69, 9.17) is 4.74 Å². The second kappa shape index (κ2) is 8.29. The molecule has 146 valence electrons. The van der Waals surface area contributed by atoms with Gasteiger partial charge in [-0.1, -0.05) is 51.8 Å². The third kappa shape index (κ3) is 3.75. The van der Waals surface area contributed by atoms with Crippen LogP contribution in [0.2, 0.25) is 0 Å². The van der Waals surface area contributed by atoms with E-state index >= 15 is 0 Å². The van der Waals surface area contributed by atoms with E-state index in [1.54, 1.807) is 19.2 Å². The third-order valence-electron chi connectivity index (χ3n) is 4.87. The lowest BCUT2D eigenvalue weighted by Crippen LogP contribution is -2.32. The SMILES string of the molecule is COCCN1C(=O)C(=O)/C(=C(\O)c2ccc(Br)c(C)c2)C1c1cccc(C)c1. The first-order chi connectivity index (χ1) is 13.3. The molecule has 0 spiro atoms. The van der Waals surface area contributed by atoms with Crippen molar-refractivity contribution in [1.29, 1.82) is 0 Å². The molecule has 1 amide bonds. The van der Waals surface area contributed by atoms with Gasteiger partial charge in [-0.25, -0.2) is 0 Å². The molecule has 0 radical (unpaired) electrons. The number of nitrogens with zero attached hydrogens (tertiary/aromatic N) is 1. The minimum absolute atomic E-state index is 0.105. The number of aliphatic hydroxyl groups excluding tert-OH is 1. The number of benzene rings is 2. The number of likely N-dealkylation sites (tertiary alicyclic amines) is 1. The molecule has 0 saturated carbocycles. The van der Waals surface area contributed by atoms with Crippen LogP contribution in [0.25, 0.3) is 5.76 Å². The van der Waals surface area contributed by atoms with Gasteiger partial charge in [0.25, 0.3) is 11.7 Å². The van der Waals surface area contributed by atoms with Crippen LogP contribution < -0.4 is 0 Å². The van der Waals surface area contributed by atoms with Gasteiger partial charge in [0.15, 0.2) is 0 Å². The van der Waals surface area contributed by atoms with E-state index in [1.165, 1.54) is 4.90 Å². The summed E-state index contributed by atoms with van der Waals surface area (Å²) in [6.45, 7) is 4.40. The Hall–Kier alpha value is -2.44. The fraction of sp³-hybridized carbons (Fsp3) is 0.273. The van der Waals surface area contributed by atoms with Gasteiger partial charge in [-0.3, -0.25) is 9.59 Å². The minimum Gasteiger partial charge on any atom is -0.507 e. The molecule has 1 heterocycles. The zero-order valence-corrected chi connectivity index (χ0v) is 17.6. The second-order valence-corrected chi connectivity index (χ2v) is 7.72. The first kappa shape index (κ1) is 20.3. The molecule has 1 aliphatic heterocycles. The van der Waals surface area contributed by atoms with E-state index in [0.29, 0.717) is 12.2 Å². The number of methoxy groups -OCH3 is 1. The van der Waals surface area contributed by atoms with Crippen molar-refractivity contribution >= 4 is 33.4 Å². The number of ketones is 1. The number of carbonyl (C=O) groups excluding carboxylic acids is 2. The standard InChI is InChI=1S/C22H22BrNO4/c1-13-5-4-6-15(11-13)19-18(21(26)22(27)24(19)9-10-28-3)20(25)16-7-8-17(23)14(2)12-16/h4-8,11-12,19,25H,9-10H2,1-3H3/b20-18-. The average molecular weight is 444 g/mol. The third-order valence-corrected chi connectivity index (χ3v) is 5.76. The summed E-state index contributed by atoms with van der Waals surface area (Å²) in [7, 11) is 1.54. The van der Waals surface area contributed by atoms with Gasteiger partial charge < -0.3 is 14.7 Å². The van der Waals surface area contributed by atoms with E-state index < -0.39 is 17.7 Å². The number of hydrogen-bond donors (Lipinski definition) is 1. The zero-order chi connectivity index (χ0) is 20.4. The lowest BCUT2D eigenvalue weighted by molar-refractivity contribution is -0.140. The number of aliphatic hydroxyl groups is 1. The van der Waals surface area contributed by atoms with Crippen LogP contribution in [0, 0.1) is 13.8 Å². The number of carbonyl (C=O) groups is 2. The van der Waals surface area contributed by atoms with E-state index in [1.807, 2.05) is 44.2 Å². The summed E-state index contributed by atoms with van der Waals surface area (Å²) in [6, 6.07) is 12.3. The summed E-state index contributed by atoms with van der Waals surface area (Å²) in [5, 5.41) is 11.0. The molecule has 2 aromatic carbocycles. The summed E-state index contributed by atoms with van der Waals surface area (Å²) in [5.41, 5.74) is 3.32. The Bertz CT molecular complexity index is 967. The number of Topliss-reactive ketones (excluding diaryl/α,β-unsaturated/α-hetero) is 1. The monoisotopic (exact) mass is 443 g/mol. The molecule has 1 aliphatic rings. The van der Waals surface area contributed by atoms with Crippen molar-refractivity contribution in [2.45, 2.75) is 19.9 Å². The van der Waals surface area contributed by atoms with Gasteiger partial charge in [0.05, 0.1) is 18.2 Å². The largest absolute Gasteiger partial charge is 0.507 e. The predicted molar refractivity (Wildman–Crippen MR) is 111 cm³/mol. The van der Waals surface area contributed by atoms with Crippen LogP contribution in [-0.4, -0.2) is 42.0 Å². The Balaban J connectivity index is 2.18. The van der Waals surface area contributed by atoms with Crippen molar-refractivity contribution in [3.8, 4) is 0 Å². The molecule has 6 heteroatoms. The van der Waals surface area contributed by atoms with Gasteiger partial charge in [-0.05, 0) is 37.1 Å². The van der Waals surface area contributed by atoms with Crippen molar-refractivity contribution in [2.75, 3.05) is 20.3 Å². The highest BCUT2D eigenvalue weighted by molar-refractivity contribution is 9.10. The maximum Gasteiger partial charge on any atom is 0.295 e. The number of halogens is 1. The Morgan fingerprint density at radius 3 is 2.57 bits per heavy atom. The van der Waals surface area contributed by atoms with E-state index in [2.05, 4.69) is 15.9 Å². The number of ether oxygens (including phenoxy) is 1. The van der Waals surface area contributed by atoms with Crippen LogP contribution in [-0.2, 0) is 14.3 Å². The second-order valence-electron chi connectivity index (χ2n) is 6.86. The minimum atomic E-state index is -0.680. The van der Waals surface area contributed by atoms with Crippen molar-refractivity contribution in [2.24, 2.45) is 0 Å². The number of amides is 1. The van der Waals surface area contributed by atoms with Crippen LogP contribution in [0.15, 0.2) is 52.5 Å². The Labute approximate surface area is 172 Å². The van der Waals surface area contributed by atoms with Crippen LogP contribution in [0.3, 0.4) is 0 Å². The number of aryl methyl sites for hydroxylation is 2. The topological polar surface area (TPSA) is 66.8 Å². The molecule has 1 saturated heterocycles. The number of rotatable bonds is 5. The Kier molecular flexibility index (Phi) is 6.01. The van der Waals surface area contributed by atoms with Crippen LogP contribution in [0.1, 0.15) is 28.3 Å². The maximum atomic E-state index is 12.9. The molecule has 0 bridgehead atoms. The van der Waals surface area contributed by atoms with Crippen molar-refractivity contribution < 1.29 is 19.4 Å². The van der Waals surface area contributed by atoms with Gasteiger partial charge in [-0.15, -0.1) is 0 Å². The lowest BCUT2D eigenvalue weighted by Gasteiger charge is -2.25. The smallest absolute Gasteiger partial charge is 0.295 e. The molecule has 3 rings (SSSR count). The highest BCUT2D eigenvalue weighted by Crippen LogP contribution is 2.39. The van der Waals surface area contributed by atoms with E-state index in [0.717, 1.165) is 21.2 Å². The molecule has 28 heavy (non-hydrogen) atoms. The molecule has 1 unspecified atom stereocenters.